The van der Waals surface area contributed by atoms with Crippen molar-refractivity contribution in [1.82, 2.24) is 0 Å². The molecule has 0 atom stereocenters. The summed E-state index contributed by atoms with van der Waals surface area (Å²) in [5, 5.41) is 2.20. The number of aromatic nitrogens is 1. The molecule has 0 unspecified atom stereocenters. The van der Waals surface area contributed by atoms with Gasteiger partial charge in [0, 0.05) is 0 Å². The van der Waals surface area contributed by atoms with Gasteiger partial charge in [0.1, 0.15) is 7.05 Å². The largest absolute Gasteiger partial charge is 0.224 e. The molecule has 0 saturated heterocycles. The summed E-state index contributed by atoms with van der Waals surface area (Å²) in [6.07, 6.45) is 0. The van der Waals surface area contributed by atoms with Gasteiger partial charge >= 0.3 is 0 Å². The van der Waals surface area contributed by atoms with Crippen molar-refractivity contribution in [2.75, 3.05) is 0 Å². The first kappa shape index (κ1) is 9.41. The molecule has 0 amide bonds. The minimum atomic E-state index is 1.30. The molecular formula is C12H14NS+. The van der Waals surface area contributed by atoms with E-state index in [1.54, 1.807) is 11.3 Å². The van der Waals surface area contributed by atoms with Crippen LogP contribution in [0.15, 0.2) is 29.1 Å². The molecule has 0 aliphatic carbocycles. The van der Waals surface area contributed by atoms with Crippen molar-refractivity contribution in [1.29, 1.82) is 0 Å². The monoisotopic (exact) mass is 204 g/mol. The third-order valence-electron chi connectivity index (χ3n) is 2.66. The van der Waals surface area contributed by atoms with Gasteiger partial charge in [-0.2, -0.15) is 4.57 Å². The van der Waals surface area contributed by atoms with Crippen molar-refractivity contribution in [3.8, 4) is 11.3 Å². The Hall–Kier alpha value is -1.15. The van der Waals surface area contributed by atoms with Crippen LogP contribution in [0.25, 0.3) is 11.3 Å². The summed E-state index contributed by atoms with van der Waals surface area (Å²) in [4.78, 5) is 0. The molecule has 1 aromatic heterocycles. The van der Waals surface area contributed by atoms with Crippen molar-refractivity contribution >= 4 is 11.3 Å². The third-order valence-corrected chi connectivity index (χ3v) is 3.46. The first-order chi connectivity index (χ1) is 6.70. The summed E-state index contributed by atoms with van der Waals surface area (Å²) in [7, 11) is 2.09. The summed E-state index contributed by atoms with van der Waals surface area (Å²) in [5.74, 6) is 0. The lowest BCUT2D eigenvalue weighted by molar-refractivity contribution is -0.655. The van der Waals surface area contributed by atoms with Crippen LogP contribution in [0.2, 0.25) is 0 Å². The highest BCUT2D eigenvalue weighted by atomic mass is 32.1. The second-order valence-electron chi connectivity index (χ2n) is 3.60. The fraction of sp³-hybridized carbons (Fsp3) is 0.250. The van der Waals surface area contributed by atoms with E-state index in [-0.39, 0.29) is 0 Å². The highest BCUT2D eigenvalue weighted by Gasteiger charge is 2.13. The van der Waals surface area contributed by atoms with E-state index in [4.69, 9.17) is 0 Å². The van der Waals surface area contributed by atoms with Gasteiger partial charge < -0.3 is 0 Å². The van der Waals surface area contributed by atoms with Crippen molar-refractivity contribution in [3.63, 3.8) is 0 Å². The Balaban J connectivity index is 2.63. The molecule has 14 heavy (non-hydrogen) atoms. The Bertz CT molecular complexity index is 457. The maximum absolute atomic E-state index is 2.20. The zero-order valence-electron chi connectivity index (χ0n) is 8.74. The molecular weight excluding hydrogens is 190 g/mol. The van der Waals surface area contributed by atoms with Crippen LogP contribution in [0, 0.1) is 13.8 Å². The molecule has 0 saturated carbocycles. The van der Waals surface area contributed by atoms with Crippen molar-refractivity contribution in [2.24, 2.45) is 7.05 Å². The lowest BCUT2D eigenvalue weighted by Gasteiger charge is -2.03. The van der Waals surface area contributed by atoms with E-state index in [1.807, 2.05) is 0 Å². The Morgan fingerprint density at radius 1 is 1.21 bits per heavy atom. The highest BCUT2D eigenvalue weighted by Crippen LogP contribution is 2.23. The number of hydrogen-bond donors (Lipinski definition) is 0. The van der Waals surface area contributed by atoms with Crippen LogP contribution >= 0.6 is 11.3 Å². The zero-order chi connectivity index (χ0) is 10.1. The van der Waals surface area contributed by atoms with Crippen molar-refractivity contribution in [2.45, 2.75) is 13.8 Å². The third kappa shape index (κ3) is 1.46. The number of benzene rings is 1. The molecule has 0 N–H and O–H groups in total. The molecule has 0 spiro atoms. The predicted octanol–water partition coefficient (Wildman–Crippen LogP) is 2.86. The molecule has 1 nitrogen and oxygen atoms in total. The molecule has 0 fully saturated rings. The normalized spacial score (nSPS) is 10.5. The average molecular weight is 204 g/mol. The number of aryl methyl sites for hydroxylation is 2. The van der Waals surface area contributed by atoms with E-state index in [1.165, 1.54) is 22.4 Å². The van der Waals surface area contributed by atoms with Crippen LogP contribution in [0.3, 0.4) is 0 Å². The number of rotatable bonds is 1. The van der Waals surface area contributed by atoms with Gasteiger partial charge in [-0.05, 0) is 31.0 Å². The predicted molar refractivity (Wildman–Crippen MR) is 60.4 cm³/mol. The first-order valence-electron chi connectivity index (χ1n) is 4.68. The van der Waals surface area contributed by atoms with Gasteiger partial charge in [0.2, 0.25) is 11.2 Å². The molecule has 0 radical (unpaired) electrons. The molecule has 1 heterocycles. The molecule has 1 aromatic carbocycles. The molecule has 2 heteroatoms. The van der Waals surface area contributed by atoms with Crippen molar-refractivity contribution < 1.29 is 4.57 Å². The minimum absolute atomic E-state index is 1.30. The minimum Gasteiger partial charge on any atom is -0.191 e. The van der Waals surface area contributed by atoms with Gasteiger partial charge in [-0.1, -0.05) is 23.5 Å². The van der Waals surface area contributed by atoms with E-state index in [0.29, 0.717) is 0 Å². The second-order valence-corrected chi connectivity index (χ2v) is 4.32. The lowest BCUT2D eigenvalue weighted by atomic mass is 10.0. The first-order valence-corrected chi connectivity index (χ1v) is 5.63. The summed E-state index contributed by atoms with van der Waals surface area (Å²) < 4.78 is 2.17. The summed E-state index contributed by atoms with van der Waals surface area (Å²) in [6.45, 7) is 4.34. The topological polar surface area (TPSA) is 3.88 Å². The molecule has 2 rings (SSSR count). The molecule has 72 valence electrons. The quantitative estimate of drug-likeness (QED) is 0.629. The Labute approximate surface area is 88.7 Å². The number of thiazole rings is 1. The van der Waals surface area contributed by atoms with E-state index >= 15 is 0 Å². The standard InChI is InChI=1S/C12H14NS/c1-9-5-4-6-11(10(9)2)12-7-14-8-13(12)3/h4-8H,1-3H3/q+1. The van der Waals surface area contributed by atoms with Crippen LogP contribution in [-0.4, -0.2) is 0 Å². The summed E-state index contributed by atoms with van der Waals surface area (Å²) >= 11 is 1.74. The van der Waals surface area contributed by atoms with Crippen LogP contribution in [0.4, 0.5) is 0 Å². The zero-order valence-corrected chi connectivity index (χ0v) is 9.56. The van der Waals surface area contributed by atoms with Crippen LogP contribution in [0.5, 0.6) is 0 Å². The van der Waals surface area contributed by atoms with E-state index in [9.17, 15) is 0 Å². The van der Waals surface area contributed by atoms with Gasteiger partial charge in [-0.25, -0.2) is 0 Å². The average Bonchev–Trinajstić information content (AvgIpc) is 2.57. The fourth-order valence-electron chi connectivity index (χ4n) is 1.61. The fourth-order valence-corrected chi connectivity index (χ4v) is 2.39. The highest BCUT2D eigenvalue weighted by molar-refractivity contribution is 7.07. The lowest BCUT2D eigenvalue weighted by Crippen LogP contribution is -2.27. The van der Waals surface area contributed by atoms with E-state index in [0.717, 1.165) is 0 Å². The molecule has 0 aliphatic rings. The molecule has 0 bridgehead atoms. The SMILES string of the molecule is Cc1cccc(-c2csc[n+]2C)c1C. The number of hydrogen-bond acceptors (Lipinski definition) is 1. The van der Waals surface area contributed by atoms with E-state index in [2.05, 4.69) is 54.6 Å². The van der Waals surface area contributed by atoms with Crippen molar-refractivity contribution in [3.05, 3.63) is 40.2 Å². The smallest absolute Gasteiger partial charge is 0.191 e. The summed E-state index contributed by atoms with van der Waals surface area (Å²) in [6, 6.07) is 6.46. The maximum atomic E-state index is 2.20. The van der Waals surface area contributed by atoms with Crippen LogP contribution in [0.1, 0.15) is 11.1 Å². The van der Waals surface area contributed by atoms with Gasteiger partial charge in [-0.3, -0.25) is 0 Å². The van der Waals surface area contributed by atoms with Crippen LogP contribution < -0.4 is 4.57 Å². The second kappa shape index (κ2) is 3.54. The maximum Gasteiger partial charge on any atom is 0.224 e. The van der Waals surface area contributed by atoms with Gasteiger partial charge in [-0.15, -0.1) is 0 Å². The molecule has 2 aromatic rings. The van der Waals surface area contributed by atoms with Gasteiger partial charge in [0.15, 0.2) is 0 Å². The van der Waals surface area contributed by atoms with Gasteiger partial charge in [0.25, 0.3) is 0 Å². The Morgan fingerprint density at radius 3 is 2.64 bits per heavy atom. The summed E-state index contributed by atoms with van der Waals surface area (Å²) in [5.41, 5.74) is 7.50. The van der Waals surface area contributed by atoms with Crippen LogP contribution in [-0.2, 0) is 7.05 Å². The van der Waals surface area contributed by atoms with Gasteiger partial charge in [0.05, 0.1) is 10.9 Å². The Kier molecular flexibility index (Phi) is 2.38. The Morgan fingerprint density at radius 2 is 2.00 bits per heavy atom. The molecule has 0 aliphatic heterocycles. The number of nitrogens with zero attached hydrogens (tertiary/aromatic N) is 1. The van der Waals surface area contributed by atoms with E-state index < -0.39 is 0 Å².